The van der Waals surface area contributed by atoms with E-state index in [-0.39, 0.29) is 0 Å². The zero-order valence-corrected chi connectivity index (χ0v) is 11.5. The maximum Gasteiger partial charge on any atom is 0.101 e. The first kappa shape index (κ1) is 12.9. The molecule has 0 atom stereocenters. The molecule has 1 aromatic heterocycles. The van der Waals surface area contributed by atoms with Crippen molar-refractivity contribution < 1.29 is 0 Å². The third-order valence-electron chi connectivity index (χ3n) is 2.42. The highest BCUT2D eigenvalue weighted by molar-refractivity contribution is 7.09. The molecule has 3 nitrogen and oxygen atoms in total. The standard InChI is InChI=1S/C13H12ClN3S/c1-9-8-18-13(17-9)4-5-16-12-3-2-11(14)6-10(12)7-15/h2-3,6,8,16H,4-5H2,1H3. The summed E-state index contributed by atoms with van der Waals surface area (Å²) in [5.74, 6) is 0. The van der Waals surface area contributed by atoms with Gasteiger partial charge in [-0.05, 0) is 25.1 Å². The third-order valence-corrected chi connectivity index (χ3v) is 3.68. The fraction of sp³-hybridized carbons (Fsp3) is 0.231. The van der Waals surface area contributed by atoms with E-state index in [4.69, 9.17) is 16.9 Å². The van der Waals surface area contributed by atoms with Gasteiger partial charge in [0.25, 0.3) is 0 Å². The molecule has 0 aliphatic rings. The van der Waals surface area contributed by atoms with Crippen LogP contribution < -0.4 is 5.32 Å². The number of nitrogens with zero attached hydrogens (tertiary/aromatic N) is 2. The van der Waals surface area contributed by atoms with Gasteiger partial charge in [-0.1, -0.05) is 11.6 Å². The minimum atomic E-state index is 0.567. The Morgan fingerprint density at radius 3 is 3.00 bits per heavy atom. The maximum atomic E-state index is 9.00. The fourth-order valence-corrected chi connectivity index (χ4v) is 2.53. The number of benzene rings is 1. The average molecular weight is 278 g/mol. The van der Waals surface area contributed by atoms with E-state index in [1.54, 1.807) is 23.5 Å². The van der Waals surface area contributed by atoms with Gasteiger partial charge in [0.1, 0.15) is 6.07 Å². The van der Waals surface area contributed by atoms with Crippen molar-refractivity contribution in [2.75, 3.05) is 11.9 Å². The first-order valence-electron chi connectivity index (χ1n) is 5.53. The number of hydrogen-bond donors (Lipinski definition) is 1. The summed E-state index contributed by atoms with van der Waals surface area (Å²) in [6, 6.07) is 7.40. The normalized spacial score (nSPS) is 10.1. The Balaban J connectivity index is 1.96. The van der Waals surface area contributed by atoms with Gasteiger partial charge in [-0.2, -0.15) is 5.26 Å². The van der Waals surface area contributed by atoms with Crippen molar-refractivity contribution in [1.82, 2.24) is 4.98 Å². The molecule has 92 valence electrons. The van der Waals surface area contributed by atoms with E-state index in [2.05, 4.69) is 16.4 Å². The summed E-state index contributed by atoms with van der Waals surface area (Å²) in [5.41, 5.74) is 2.44. The second kappa shape index (κ2) is 5.85. The number of rotatable bonds is 4. The highest BCUT2D eigenvalue weighted by atomic mass is 35.5. The van der Waals surface area contributed by atoms with Crippen LogP contribution in [0.3, 0.4) is 0 Å². The maximum absolute atomic E-state index is 9.00. The molecule has 0 bridgehead atoms. The summed E-state index contributed by atoms with van der Waals surface area (Å²) in [7, 11) is 0. The molecule has 0 unspecified atom stereocenters. The Labute approximate surface area is 115 Å². The van der Waals surface area contributed by atoms with E-state index in [0.29, 0.717) is 10.6 Å². The van der Waals surface area contributed by atoms with Crippen LogP contribution in [-0.2, 0) is 6.42 Å². The molecular formula is C13H12ClN3S. The Morgan fingerprint density at radius 2 is 2.33 bits per heavy atom. The van der Waals surface area contributed by atoms with Gasteiger partial charge in [0.05, 0.1) is 16.3 Å². The Bertz CT molecular complexity index is 586. The van der Waals surface area contributed by atoms with Gasteiger partial charge >= 0.3 is 0 Å². The van der Waals surface area contributed by atoms with Crippen LogP contribution in [0.2, 0.25) is 5.02 Å². The number of thiazole rings is 1. The minimum absolute atomic E-state index is 0.567. The number of nitrogens with one attached hydrogen (secondary N) is 1. The molecule has 0 aliphatic heterocycles. The molecule has 1 aromatic carbocycles. The van der Waals surface area contributed by atoms with E-state index in [9.17, 15) is 0 Å². The molecule has 2 aromatic rings. The second-order valence-corrected chi connectivity index (χ2v) is 5.24. The zero-order chi connectivity index (χ0) is 13.0. The highest BCUT2D eigenvalue weighted by Gasteiger charge is 2.03. The van der Waals surface area contributed by atoms with Crippen LogP contribution in [0.25, 0.3) is 0 Å². The summed E-state index contributed by atoms with van der Waals surface area (Å²) in [5, 5.41) is 16.0. The Hall–Kier alpha value is -1.57. The van der Waals surface area contributed by atoms with Gasteiger partial charge in [0.15, 0.2) is 0 Å². The van der Waals surface area contributed by atoms with Crippen molar-refractivity contribution in [1.29, 1.82) is 5.26 Å². The molecule has 1 N–H and O–H groups in total. The van der Waals surface area contributed by atoms with Gasteiger partial charge in [-0.3, -0.25) is 0 Å². The van der Waals surface area contributed by atoms with E-state index in [1.165, 1.54) is 0 Å². The molecule has 0 aliphatic carbocycles. The first-order chi connectivity index (χ1) is 8.69. The van der Waals surface area contributed by atoms with Crippen molar-refractivity contribution >= 4 is 28.6 Å². The molecule has 2 rings (SSSR count). The largest absolute Gasteiger partial charge is 0.384 e. The summed E-state index contributed by atoms with van der Waals surface area (Å²) in [6.07, 6.45) is 0.853. The number of anilines is 1. The molecule has 18 heavy (non-hydrogen) atoms. The van der Waals surface area contributed by atoms with Crippen molar-refractivity contribution in [3.63, 3.8) is 0 Å². The van der Waals surface area contributed by atoms with Crippen LogP contribution >= 0.6 is 22.9 Å². The van der Waals surface area contributed by atoms with E-state index in [1.807, 2.05) is 18.4 Å². The number of hydrogen-bond acceptors (Lipinski definition) is 4. The number of aryl methyl sites for hydroxylation is 1. The lowest BCUT2D eigenvalue weighted by atomic mass is 10.2. The predicted molar refractivity (Wildman–Crippen MR) is 75.2 cm³/mol. The van der Waals surface area contributed by atoms with Gasteiger partial charge in [-0.25, -0.2) is 4.98 Å². The summed E-state index contributed by atoms with van der Waals surface area (Å²) < 4.78 is 0. The van der Waals surface area contributed by atoms with Gasteiger partial charge in [0, 0.05) is 29.1 Å². The number of aromatic nitrogens is 1. The lowest BCUT2D eigenvalue weighted by Crippen LogP contribution is -2.06. The molecule has 0 saturated carbocycles. The lowest BCUT2D eigenvalue weighted by molar-refractivity contribution is 0.986. The van der Waals surface area contributed by atoms with Gasteiger partial charge < -0.3 is 5.32 Å². The minimum Gasteiger partial charge on any atom is -0.384 e. The van der Waals surface area contributed by atoms with Crippen molar-refractivity contribution in [2.45, 2.75) is 13.3 Å². The van der Waals surface area contributed by atoms with Crippen LogP contribution in [0.1, 0.15) is 16.3 Å². The SMILES string of the molecule is Cc1csc(CCNc2ccc(Cl)cc2C#N)n1. The van der Waals surface area contributed by atoms with E-state index >= 15 is 0 Å². The van der Waals surface area contributed by atoms with Crippen LogP contribution in [0.4, 0.5) is 5.69 Å². The van der Waals surface area contributed by atoms with Crippen molar-refractivity contribution in [3.05, 3.63) is 44.9 Å². The van der Waals surface area contributed by atoms with E-state index in [0.717, 1.165) is 29.4 Å². The summed E-state index contributed by atoms with van der Waals surface area (Å²) in [6.45, 7) is 2.74. The van der Waals surface area contributed by atoms with Crippen LogP contribution in [-0.4, -0.2) is 11.5 Å². The quantitative estimate of drug-likeness (QED) is 0.928. The average Bonchev–Trinajstić information content (AvgIpc) is 2.77. The molecular weight excluding hydrogens is 266 g/mol. The summed E-state index contributed by atoms with van der Waals surface area (Å²) >= 11 is 7.50. The monoisotopic (exact) mass is 277 g/mol. The number of nitriles is 1. The molecule has 0 fully saturated rings. The van der Waals surface area contributed by atoms with Gasteiger partial charge in [0.2, 0.25) is 0 Å². The first-order valence-corrected chi connectivity index (χ1v) is 6.79. The zero-order valence-electron chi connectivity index (χ0n) is 9.90. The molecule has 0 spiro atoms. The molecule has 0 saturated heterocycles. The molecule has 1 heterocycles. The third kappa shape index (κ3) is 3.22. The fourth-order valence-electron chi connectivity index (χ4n) is 1.58. The Kier molecular flexibility index (Phi) is 4.19. The van der Waals surface area contributed by atoms with Crippen molar-refractivity contribution in [2.24, 2.45) is 0 Å². The van der Waals surface area contributed by atoms with Gasteiger partial charge in [-0.15, -0.1) is 11.3 Å². The highest BCUT2D eigenvalue weighted by Crippen LogP contribution is 2.20. The van der Waals surface area contributed by atoms with Crippen LogP contribution in [0.15, 0.2) is 23.6 Å². The van der Waals surface area contributed by atoms with Crippen LogP contribution in [0, 0.1) is 18.3 Å². The lowest BCUT2D eigenvalue weighted by Gasteiger charge is -2.07. The number of halogens is 1. The molecule has 0 amide bonds. The summed E-state index contributed by atoms with van der Waals surface area (Å²) in [4.78, 5) is 4.39. The van der Waals surface area contributed by atoms with E-state index < -0.39 is 0 Å². The van der Waals surface area contributed by atoms with Crippen molar-refractivity contribution in [3.8, 4) is 6.07 Å². The Morgan fingerprint density at radius 1 is 1.50 bits per heavy atom. The van der Waals surface area contributed by atoms with Crippen LogP contribution in [0.5, 0.6) is 0 Å². The predicted octanol–water partition coefficient (Wildman–Crippen LogP) is 3.63. The molecule has 0 radical (unpaired) electrons. The molecule has 5 heteroatoms. The second-order valence-electron chi connectivity index (χ2n) is 3.86. The smallest absolute Gasteiger partial charge is 0.101 e. The topological polar surface area (TPSA) is 48.7 Å².